The minimum Gasteiger partial charge on any atom is -0.356 e. The fourth-order valence-electron chi connectivity index (χ4n) is 3.68. The molecule has 0 saturated carbocycles. The smallest absolute Gasteiger partial charge is 0.190 e. The molecule has 0 amide bonds. The summed E-state index contributed by atoms with van der Waals surface area (Å²) in [5.74, 6) is 1.95. The van der Waals surface area contributed by atoms with Crippen molar-refractivity contribution < 1.29 is 0 Å². The zero-order chi connectivity index (χ0) is 18.7. The van der Waals surface area contributed by atoms with E-state index in [1.165, 1.54) is 51.7 Å². The van der Waals surface area contributed by atoms with Gasteiger partial charge < -0.3 is 20.5 Å². The Balaban J connectivity index is 0.00000280. The van der Waals surface area contributed by atoms with E-state index in [2.05, 4.69) is 36.6 Å². The Morgan fingerprint density at radius 3 is 2.50 bits per heavy atom. The van der Waals surface area contributed by atoms with E-state index in [1.54, 1.807) is 0 Å². The number of nitrogens with zero attached hydrogens (tertiary/aromatic N) is 3. The average Bonchev–Trinajstić information content (AvgIpc) is 2.93. The summed E-state index contributed by atoms with van der Waals surface area (Å²) in [5.41, 5.74) is 2.16. The molecular formula is C21H35IN6. The van der Waals surface area contributed by atoms with Gasteiger partial charge in [0.05, 0.1) is 11.0 Å². The van der Waals surface area contributed by atoms with Crippen LogP contribution in [0.3, 0.4) is 0 Å². The summed E-state index contributed by atoms with van der Waals surface area (Å²) in [4.78, 5) is 14.9. The number of halogens is 1. The standard InChI is InChI=1S/C21H34N6.HI/c1-22-21(24-14-9-17-27-15-6-2-3-7-16-27)23-13-8-12-20-25-18-10-4-5-11-19(18)26-20;/h4-5,10-11H,2-3,6-9,12-17H2,1H3,(H,25,26)(H2,22,23,24);1H. The summed E-state index contributed by atoms with van der Waals surface area (Å²) < 4.78 is 0. The molecule has 1 aromatic heterocycles. The number of likely N-dealkylation sites (tertiary alicyclic amines) is 1. The Kier molecular flexibility index (Phi) is 10.6. The lowest BCUT2D eigenvalue weighted by Crippen LogP contribution is -2.39. The van der Waals surface area contributed by atoms with Crippen LogP contribution in [-0.4, -0.2) is 60.6 Å². The molecule has 28 heavy (non-hydrogen) atoms. The Hall–Kier alpha value is -1.35. The van der Waals surface area contributed by atoms with Gasteiger partial charge in [-0.1, -0.05) is 25.0 Å². The third-order valence-corrected chi connectivity index (χ3v) is 5.19. The molecule has 2 heterocycles. The first-order valence-corrected chi connectivity index (χ1v) is 10.5. The minimum atomic E-state index is 0. The van der Waals surface area contributed by atoms with Crippen molar-refractivity contribution in [2.45, 2.75) is 44.9 Å². The minimum absolute atomic E-state index is 0. The number of benzene rings is 1. The van der Waals surface area contributed by atoms with Crippen LogP contribution < -0.4 is 10.6 Å². The van der Waals surface area contributed by atoms with Gasteiger partial charge in [-0.3, -0.25) is 4.99 Å². The molecule has 1 aromatic carbocycles. The van der Waals surface area contributed by atoms with Crippen molar-refractivity contribution in [2.75, 3.05) is 39.8 Å². The second-order valence-electron chi connectivity index (χ2n) is 7.34. The SMILES string of the molecule is CN=C(NCCCc1nc2ccccc2[nH]1)NCCCN1CCCCCC1.I. The van der Waals surface area contributed by atoms with Crippen molar-refractivity contribution in [2.24, 2.45) is 4.99 Å². The van der Waals surface area contributed by atoms with Crippen molar-refractivity contribution in [3.63, 3.8) is 0 Å². The summed E-state index contributed by atoms with van der Waals surface area (Å²) in [6, 6.07) is 8.18. The molecule has 0 atom stereocenters. The van der Waals surface area contributed by atoms with Crippen LogP contribution in [0.15, 0.2) is 29.3 Å². The maximum absolute atomic E-state index is 4.63. The molecule has 2 aromatic rings. The van der Waals surface area contributed by atoms with E-state index >= 15 is 0 Å². The number of aromatic amines is 1. The lowest BCUT2D eigenvalue weighted by molar-refractivity contribution is 0.282. The first kappa shape index (κ1) is 22.9. The van der Waals surface area contributed by atoms with Gasteiger partial charge in [-0.2, -0.15) is 0 Å². The average molecular weight is 498 g/mol. The van der Waals surface area contributed by atoms with Gasteiger partial charge in [0, 0.05) is 26.6 Å². The quantitative estimate of drug-likeness (QED) is 0.226. The van der Waals surface area contributed by atoms with Crippen molar-refractivity contribution >= 4 is 41.0 Å². The molecule has 0 bridgehead atoms. The van der Waals surface area contributed by atoms with Gasteiger partial charge in [0.25, 0.3) is 0 Å². The van der Waals surface area contributed by atoms with Crippen LogP contribution in [0.2, 0.25) is 0 Å². The van der Waals surface area contributed by atoms with Crippen LogP contribution in [-0.2, 0) is 6.42 Å². The van der Waals surface area contributed by atoms with Gasteiger partial charge in [0.2, 0.25) is 0 Å². The van der Waals surface area contributed by atoms with Crippen LogP contribution in [0.5, 0.6) is 0 Å². The molecule has 1 fully saturated rings. The molecule has 0 radical (unpaired) electrons. The molecule has 156 valence electrons. The van der Waals surface area contributed by atoms with Crippen LogP contribution in [0.25, 0.3) is 11.0 Å². The highest BCUT2D eigenvalue weighted by molar-refractivity contribution is 14.0. The van der Waals surface area contributed by atoms with Gasteiger partial charge in [0.15, 0.2) is 5.96 Å². The van der Waals surface area contributed by atoms with E-state index in [-0.39, 0.29) is 24.0 Å². The number of aryl methyl sites for hydroxylation is 1. The normalized spacial score (nSPS) is 15.8. The number of nitrogens with one attached hydrogen (secondary N) is 3. The summed E-state index contributed by atoms with van der Waals surface area (Å²) in [6.45, 7) is 5.60. The molecule has 3 N–H and O–H groups in total. The molecule has 0 aliphatic carbocycles. The highest BCUT2D eigenvalue weighted by Gasteiger charge is 2.08. The highest BCUT2D eigenvalue weighted by Crippen LogP contribution is 2.11. The summed E-state index contributed by atoms with van der Waals surface area (Å²) in [6.07, 6.45) is 8.66. The molecule has 0 spiro atoms. The Bertz CT molecular complexity index is 673. The van der Waals surface area contributed by atoms with Gasteiger partial charge in [0.1, 0.15) is 5.82 Å². The van der Waals surface area contributed by atoms with Crippen LogP contribution in [0.1, 0.15) is 44.3 Å². The van der Waals surface area contributed by atoms with E-state index in [0.717, 1.165) is 48.7 Å². The molecule has 3 rings (SSSR count). The van der Waals surface area contributed by atoms with E-state index in [0.29, 0.717) is 0 Å². The molecule has 6 nitrogen and oxygen atoms in total. The molecule has 0 unspecified atom stereocenters. The first-order valence-electron chi connectivity index (χ1n) is 10.5. The zero-order valence-electron chi connectivity index (χ0n) is 17.0. The van der Waals surface area contributed by atoms with Crippen LogP contribution >= 0.6 is 24.0 Å². The van der Waals surface area contributed by atoms with E-state index in [9.17, 15) is 0 Å². The van der Waals surface area contributed by atoms with Crippen molar-refractivity contribution in [3.8, 4) is 0 Å². The topological polar surface area (TPSA) is 68.3 Å². The van der Waals surface area contributed by atoms with Gasteiger partial charge >= 0.3 is 0 Å². The number of para-hydroxylation sites is 2. The Morgan fingerprint density at radius 1 is 1.07 bits per heavy atom. The lowest BCUT2D eigenvalue weighted by Gasteiger charge is -2.20. The molecule has 1 aliphatic rings. The number of fused-ring (bicyclic) bond motifs is 1. The summed E-state index contributed by atoms with van der Waals surface area (Å²) in [7, 11) is 1.84. The van der Waals surface area contributed by atoms with Crippen molar-refractivity contribution in [3.05, 3.63) is 30.1 Å². The lowest BCUT2D eigenvalue weighted by atomic mass is 10.2. The van der Waals surface area contributed by atoms with Crippen LogP contribution in [0, 0.1) is 0 Å². The third-order valence-electron chi connectivity index (χ3n) is 5.19. The monoisotopic (exact) mass is 498 g/mol. The number of hydrogen-bond acceptors (Lipinski definition) is 3. The second-order valence-corrected chi connectivity index (χ2v) is 7.34. The molecule has 7 heteroatoms. The number of guanidine groups is 1. The summed E-state index contributed by atoms with van der Waals surface area (Å²) >= 11 is 0. The number of rotatable bonds is 8. The van der Waals surface area contributed by atoms with Crippen molar-refractivity contribution in [1.82, 2.24) is 25.5 Å². The number of imidazole rings is 1. The predicted octanol–water partition coefficient (Wildman–Crippen LogP) is 3.54. The first-order chi connectivity index (χ1) is 13.3. The Labute approximate surface area is 186 Å². The van der Waals surface area contributed by atoms with E-state index < -0.39 is 0 Å². The fourth-order valence-corrected chi connectivity index (χ4v) is 3.68. The number of hydrogen-bond donors (Lipinski definition) is 3. The van der Waals surface area contributed by atoms with Gasteiger partial charge in [-0.15, -0.1) is 24.0 Å². The van der Waals surface area contributed by atoms with Gasteiger partial charge in [-0.05, 0) is 57.5 Å². The van der Waals surface area contributed by atoms with Crippen LogP contribution in [0.4, 0.5) is 0 Å². The van der Waals surface area contributed by atoms with E-state index in [1.807, 2.05) is 25.2 Å². The molecular weight excluding hydrogens is 463 g/mol. The largest absolute Gasteiger partial charge is 0.356 e. The van der Waals surface area contributed by atoms with Crippen molar-refractivity contribution in [1.29, 1.82) is 0 Å². The number of aromatic nitrogens is 2. The Morgan fingerprint density at radius 2 is 1.79 bits per heavy atom. The van der Waals surface area contributed by atoms with Gasteiger partial charge in [-0.25, -0.2) is 4.98 Å². The van der Waals surface area contributed by atoms with E-state index in [4.69, 9.17) is 0 Å². The molecule has 1 saturated heterocycles. The third kappa shape index (κ3) is 7.58. The molecule has 1 aliphatic heterocycles. The predicted molar refractivity (Wildman–Crippen MR) is 129 cm³/mol. The second kappa shape index (κ2) is 13.0. The number of aliphatic imine (C=N–C) groups is 1. The maximum atomic E-state index is 4.63. The summed E-state index contributed by atoms with van der Waals surface area (Å²) in [5, 5.41) is 6.84. The highest BCUT2D eigenvalue weighted by atomic mass is 127. The number of H-pyrrole nitrogens is 1. The fraction of sp³-hybridized carbons (Fsp3) is 0.619. The zero-order valence-corrected chi connectivity index (χ0v) is 19.4. The maximum Gasteiger partial charge on any atom is 0.190 e.